The van der Waals surface area contributed by atoms with Gasteiger partial charge in [0, 0.05) is 25.8 Å². The average molecular weight is 384 g/mol. The molecule has 1 aliphatic heterocycles. The lowest BCUT2D eigenvalue weighted by atomic mass is 10.1. The fourth-order valence-electron chi connectivity index (χ4n) is 4.12. The van der Waals surface area contributed by atoms with Gasteiger partial charge in [0.1, 0.15) is 17.9 Å². The first-order valence-corrected chi connectivity index (χ1v) is 10.1. The molecule has 0 N–H and O–H groups in total. The molecule has 146 valence electrons. The number of hydrogen-bond donors (Lipinski definition) is 0. The molecular weight excluding hydrogens is 360 g/mol. The van der Waals surface area contributed by atoms with Gasteiger partial charge in [-0.3, -0.25) is 4.90 Å². The Kier molecular flexibility index (Phi) is 5.07. The van der Waals surface area contributed by atoms with Gasteiger partial charge >= 0.3 is 0 Å². The van der Waals surface area contributed by atoms with Gasteiger partial charge in [0.2, 0.25) is 0 Å². The van der Waals surface area contributed by atoms with Crippen molar-refractivity contribution >= 4 is 11.2 Å². The first kappa shape index (κ1) is 18.0. The molecule has 5 nitrogen and oxygen atoms in total. The number of imidazole rings is 1. The van der Waals surface area contributed by atoms with E-state index in [9.17, 15) is 0 Å². The predicted molar refractivity (Wildman–Crippen MR) is 113 cm³/mol. The summed E-state index contributed by atoms with van der Waals surface area (Å²) in [7, 11) is 0. The molecule has 0 bridgehead atoms. The van der Waals surface area contributed by atoms with Gasteiger partial charge in [-0.05, 0) is 23.3 Å². The van der Waals surface area contributed by atoms with Crippen LogP contribution in [0.4, 0.5) is 0 Å². The highest BCUT2D eigenvalue weighted by atomic mass is 16.5. The lowest BCUT2D eigenvalue weighted by Gasteiger charge is -2.31. The van der Waals surface area contributed by atoms with Crippen LogP contribution >= 0.6 is 0 Å². The van der Waals surface area contributed by atoms with Crippen molar-refractivity contribution in [2.24, 2.45) is 0 Å². The van der Waals surface area contributed by atoms with Crippen LogP contribution in [0.2, 0.25) is 0 Å². The summed E-state index contributed by atoms with van der Waals surface area (Å²) in [6.45, 7) is 3.88. The van der Waals surface area contributed by atoms with E-state index in [2.05, 4.69) is 75.1 Å². The summed E-state index contributed by atoms with van der Waals surface area (Å²) < 4.78 is 8.18. The second-order valence-electron chi connectivity index (χ2n) is 7.55. The highest BCUT2D eigenvalue weighted by molar-refractivity contribution is 5.71. The van der Waals surface area contributed by atoms with Crippen molar-refractivity contribution < 1.29 is 4.74 Å². The maximum atomic E-state index is 5.90. The Bertz CT molecular complexity index is 1040. The number of benzene rings is 2. The maximum Gasteiger partial charge on any atom is 0.160 e. The summed E-state index contributed by atoms with van der Waals surface area (Å²) in [4.78, 5) is 11.8. The highest BCUT2D eigenvalue weighted by Crippen LogP contribution is 2.26. The number of hydrogen-bond acceptors (Lipinski definition) is 4. The van der Waals surface area contributed by atoms with Gasteiger partial charge < -0.3 is 9.30 Å². The topological polar surface area (TPSA) is 43.2 Å². The van der Waals surface area contributed by atoms with Crippen molar-refractivity contribution in [2.75, 3.05) is 13.2 Å². The number of pyridine rings is 1. The molecule has 0 amide bonds. The lowest BCUT2D eigenvalue weighted by molar-refractivity contribution is 0.0400. The highest BCUT2D eigenvalue weighted by Gasteiger charge is 2.26. The van der Waals surface area contributed by atoms with Crippen molar-refractivity contribution in [2.45, 2.75) is 25.7 Å². The number of nitrogens with zero attached hydrogens (tertiary/aromatic N) is 4. The number of ether oxygens (including phenoxy) is 1. The summed E-state index contributed by atoms with van der Waals surface area (Å²) in [6, 6.07) is 25.4. The van der Waals surface area contributed by atoms with Crippen LogP contribution in [0.5, 0.6) is 0 Å². The van der Waals surface area contributed by atoms with E-state index in [4.69, 9.17) is 9.72 Å². The smallest absolute Gasteiger partial charge is 0.160 e. The lowest BCUT2D eigenvalue weighted by Crippen LogP contribution is -2.35. The molecule has 0 fully saturated rings. The zero-order chi connectivity index (χ0) is 19.5. The van der Waals surface area contributed by atoms with E-state index in [1.54, 1.807) is 0 Å². The molecular formula is C24H24N4O. The molecule has 1 aliphatic rings. The van der Waals surface area contributed by atoms with Crippen LogP contribution in [-0.2, 0) is 24.4 Å². The third kappa shape index (κ3) is 3.92. The molecule has 3 heterocycles. The molecule has 5 rings (SSSR count). The molecule has 2 aromatic carbocycles. The van der Waals surface area contributed by atoms with Gasteiger partial charge in [0.25, 0.3) is 0 Å². The minimum atomic E-state index is 0.186. The van der Waals surface area contributed by atoms with Gasteiger partial charge in [-0.25, -0.2) is 9.97 Å². The Morgan fingerprint density at radius 3 is 2.28 bits per heavy atom. The minimum absolute atomic E-state index is 0.186. The summed E-state index contributed by atoms with van der Waals surface area (Å²) in [5.74, 6) is 0.967. The molecule has 4 aromatic rings. The second kappa shape index (κ2) is 8.15. The van der Waals surface area contributed by atoms with Crippen molar-refractivity contribution in [3.63, 3.8) is 0 Å². The van der Waals surface area contributed by atoms with Crippen molar-refractivity contribution in [1.82, 2.24) is 19.4 Å². The third-order valence-electron chi connectivity index (χ3n) is 5.40. The van der Waals surface area contributed by atoms with Crippen LogP contribution in [0, 0.1) is 0 Å². The predicted octanol–water partition coefficient (Wildman–Crippen LogP) is 4.21. The summed E-state index contributed by atoms with van der Waals surface area (Å²) >= 11 is 0. The van der Waals surface area contributed by atoms with Crippen molar-refractivity contribution in [1.29, 1.82) is 0 Å². The Hall–Kier alpha value is -3.02. The van der Waals surface area contributed by atoms with Crippen molar-refractivity contribution in [3.05, 3.63) is 95.9 Å². The zero-order valence-electron chi connectivity index (χ0n) is 16.3. The van der Waals surface area contributed by atoms with E-state index in [0.717, 1.165) is 36.6 Å². The fourth-order valence-corrected chi connectivity index (χ4v) is 4.12. The normalized spacial score (nSPS) is 16.2. The van der Waals surface area contributed by atoms with Gasteiger partial charge in [0.05, 0.1) is 12.6 Å². The monoisotopic (exact) mass is 384 g/mol. The van der Waals surface area contributed by atoms with E-state index >= 15 is 0 Å². The summed E-state index contributed by atoms with van der Waals surface area (Å²) in [5, 5.41) is 0. The Morgan fingerprint density at radius 2 is 1.59 bits per heavy atom. The molecule has 0 spiro atoms. The third-order valence-corrected chi connectivity index (χ3v) is 5.40. The standard InChI is InChI=1S/C24H24N4O/c1-3-8-19(9-4-1)14-27(15-20-10-5-2-6-11-20)16-21-17-29-18-23-26-22-12-7-13-25-24(22)28(21)23/h1-13,21H,14-18H2/t21-/m0/s1. The van der Waals surface area contributed by atoms with Crippen LogP contribution in [0.15, 0.2) is 79.0 Å². The first-order chi connectivity index (χ1) is 14.4. The number of aromatic nitrogens is 3. The second-order valence-corrected chi connectivity index (χ2v) is 7.55. The van der Waals surface area contributed by atoms with E-state index in [0.29, 0.717) is 13.2 Å². The number of rotatable bonds is 6. The van der Waals surface area contributed by atoms with Gasteiger partial charge in [-0.2, -0.15) is 0 Å². The van der Waals surface area contributed by atoms with Crippen LogP contribution in [-0.4, -0.2) is 32.6 Å². The SMILES string of the molecule is c1ccc(CN(Cc2ccccc2)C[C@H]2COCc3nc4cccnc4n32)cc1. The van der Waals surface area contributed by atoms with E-state index < -0.39 is 0 Å². The Morgan fingerprint density at radius 1 is 0.897 bits per heavy atom. The zero-order valence-corrected chi connectivity index (χ0v) is 16.3. The molecule has 1 atom stereocenters. The van der Waals surface area contributed by atoms with Crippen LogP contribution in [0.1, 0.15) is 23.0 Å². The molecule has 5 heteroatoms. The minimum Gasteiger partial charge on any atom is -0.371 e. The van der Waals surface area contributed by atoms with Crippen LogP contribution in [0.25, 0.3) is 11.2 Å². The molecule has 0 unspecified atom stereocenters. The quantitative estimate of drug-likeness (QED) is 0.500. The largest absolute Gasteiger partial charge is 0.371 e. The summed E-state index contributed by atoms with van der Waals surface area (Å²) in [6.07, 6.45) is 1.84. The maximum absolute atomic E-state index is 5.90. The van der Waals surface area contributed by atoms with Gasteiger partial charge in [-0.15, -0.1) is 0 Å². The Labute approximate surface area is 170 Å². The van der Waals surface area contributed by atoms with E-state index in [-0.39, 0.29) is 6.04 Å². The van der Waals surface area contributed by atoms with Crippen LogP contribution < -0.4 is 0 Å². The van der Waals surface area contributed by atoms with E-state index in [1.165, 1.54) is 11.1 Å². The average Bonchev–Trinajstić information content (AvgIpc) is 3.15. The Balaban J connectivity index is 1.44. The van der Waals surface area contributed by atoms with Crippen molar-refractivity contribution in [3.8, 4) is 0 Å². The number of fused-ring (bicyclic) bond motifs is 3. The van der Waals surface area contributed by atoms with Gasteiger partial charge in [0.15, 0.2) is 5.65 Å². The molecule has 29 heavy (non-hydrogen) atoms. The molecule has 0 saturated carbocycles. The molecule has 0 aliphatic carbocycles. The molecule has 2 aromatic heterocycles. The van der Waals surface area contributed by atoms with E-state index in [1.807, 2.05) is 18.3 Å². The summed E-state index contributed by atoms with van der Waals surface area (Å²) in [5.41, 5.74) is 4.52. The molecule has 0 saturated heterocycles. The molecule has 0 radical (unpaired) electrons. The van der Waals surface area contributed by atoms with Gasteiger partial charge in [-0.1, -0.05) is 60.7 Å². The first-order valence-electron chi connectivity index (χ1n) is 10.1. The fraction of sp³-hybridized carbons (Fsp3) is 0.250. The van der Waals surface area contributed by atoms with Crippen LogP contribution in [0.3, 0.4) is 0 Å².